The summed E-state index contributed by atoms with van der Waals surface area (Å²) in [5, 5.41) is 5.67. The Morgan fingerprint density at radius 2 is 2.20 bits per heavy atom. The summed E-state index contributed by atoms with van der Waals surface area (Å²) in [4.78, 5) is 0. The fourth-order valence-corrected chi connectivity index (χ4v) is 3.05. The molecule has 1 atom stereocenters. The normalized spacial score (nSPS) is 18.6. The molecule has 4 nitrogen and oxygen atoms in total. The molecule has 1 fully saturated rings. The molecule has 0 aliphatic carbocycles. The van der Waals surface area contributed by atoms with Gasteiger partial charge in [0, 0.05) is 24.2 Å². The number of anilines is 1. The number of rotatable bonds is 2. The first-order chi connectivity index (χ1) is 9.58. The topological polar surface area (TPSA) is 53.1 Å². The summed E-state index contributed by atoms with van der Waals surface area (Å²) in [6, 6.07) is 5.38. The number of halogens is 2. The van der Waals surface area contributed by atoms with Crippen LogP contribution in [0.25, 0.3) is 11.1 Å². The Morgan fingerprint density at radius 3 is 2.85 bits per heavy atom. The van der Waals surface area contributed by atoms with Gasteiger partial charge in [-0.15, -0.1) is 0 Å². The SMILES string of the molecule is Cn1nc(C2CCCO2)c(-c2ccc(Cl)cc2Cl)c1N. The number of hydrogen-bond donors (Lipinski definition) is 1. The number of hydrogen-bond acceptors (Lipinski definition) is 3. The second-order valence-electron chi connectivity index (χ2n) is 4.89. The van der Waals surface area contributed by atoms with E-state index in [1.807, 2.05) is 13.1 Å². The van der Waals surface area contributed by atoms with Crippen molar-refractivity contribution in [2.24, 2.45) is 7.05 Å². The van der Waals surface area contributed by atoms with Crippen molar-refractivity contribution in [1.82, 2.24) is 9.78 Å². The lowest BCUT2D eigenvalue weighted by molar-refractivity contribution is 0.108. The summed E-state index contributed by atoms with van der Waals surface area (Å²) in [6.45, 7) is 0.759. The lowest BCUT2D eigenvalue weighted by Gasteiger charge is -2.11. The van der Waals surface area contributed by atoms with Gasteiger partial charge in [-0.05, 0) is 25.0 Å². The summed E-state index contributed by atoms with van der Waals surface area (Å²) >= 11 is 12.3. The molecular formula is C14H15Cl2N3O. The smallest absolute Gasteiger partial charge is 0.129 e. The van der Waals surface area contributed by atoms with Crippen LogP contribution in [0.4, 0.5) is 5.82 Å². The second kappa shape index (κ2) is 5.28. The van der Waals surface area contributed by atoms with E-state index in [9.17, 15) is 0 Å². The number of nitrogen functional groups attached to an aromatic ring is 1. The highest BCUT2D eigenvalue weighted by Gasteiger charge is 2.27. The fourth-order valence-electron chi connectivity index (χ4n) is 2.55. The molecular weight excluding hydrogens is 297 g/mol. The van der Waals surface area contributed by atoms with Crippen LogP contribution in [0.1, 0.15) is 24.6 Å². The zero-order valence-corrected chi connectivity index (χ0v) is 12.6. The van der Waals surface area contributed by atoms with Gasteiger partial charge >= 0.3 is 0 Å². The van der Waals surface area contributed by atoms with Gasteiger partial charge in [-0.2, -0.15) is 5.10 Å². The van der Waals surface area contributed by atoms with Crippen molar-refractivity contribution in [3.8, 4) is 11.1 Å². The molecule has 6 heteroatoms. The Hall–Kier alpha value is -1.23. The van der Waals surface area contributed by atoms with Crippen LogP contribution in [0.2, 0.25) is 10.0 Å². The summed E-state index contributed by atoms with van der Waals surface area (Å²) in [5.41, 5.74) is 8.70. The van der Waals surface area contributed by atoms with Crippen LogP contribution < -0.4 is 5.73 Å². The van der Waals surface area contributed by atoms with Gasteiger partial charge < -0.3 is 10.5 Å². The van der Waals surface area contributed by atoms with Crippen molar-refractivity contribution in [2.45, 2.75) is 18.9 Å². The molecule has 1 saturated heterocycles. The first-order valence-electron chi connectivity index (χ1n) is 6.47. The van der Waals surface area contributed by atoms with Crippen molar-refractivity contribution in [1.29, 1.82) is 0 Å². The van der Waals surface area contributed by atoms with E-state index in [1.54, 1.807) is 16.8 Å². The van der Waals surface area contributed by atoms with E-state index in [2.05, 4.69) is 5.10 Å². The first kappa shape index (κ1) is 13.7. The highest BCUT2D eigenvalue weighted by atomic mass is 35.5. The van der Waals surface area contributed by atoms with Crippen molar-refractivity contribution >= 4 is 29.0 Å². The average Bonchev–Trinajstić information content (AvgIpc) is 3.01. The van der Waals surface area contributed by atoms with E-state index in [0.29, 0.717) is 15.9 Å². The van der Waals surface area contributed by atoms with Crippen LogP contribution in [0.5, 0.6) is 0 Å². The lowest BCUT2D eigenvalue weighted by Crippen LogP contribution is -2.00. The molecule has 0 amide bonds. The number of nitrogens with zero attached hydrogens (tertiary/aromatic N) is 2. The first-order valence-corrected chi connectivity index (χ1v) is 7.23. The molecule has 0 radical (unpaired) electrons. The molecule has 106 valence electrons. The van der Waals surface area contributed by atoms with Gasteiger partial charge in [0.15, 0.2) is 0 Å². The predicted octanol–water partition coefficient (Wildman–Crippen LogP) is 3.83. The third-order valence-electron chi connectivity index (χ3n) is 3.55. The van der Waals surface area contributed by atoms with Crippen molar-refractivity contribution in [3.63, 3.8) is 0 Å². The maximum absolute atomic E-state index is 6.31. The van der Waals surface area contributed by atoms with Crippen LogP contribution >= 0.6 is 23.2 Å². The minimum atomic E-state index is -0.0137. The fraction of sp³-hybridized carbons (Fsp3) is 0.357. The molecule has 0 spiro atoms. The van der Waals surface area contributed by atoms with Crippen LogP contribution in [0.15, 0.2) is 18.2 Å². The van der Waals surface area contributed by atoms with Crippen molar-refractivity contribution < 1.29 is 4.74 Å². The molecule has 2 aromatic rings. The zero-order chi connectivity index (χ0) is 14.3. The standard InChI is InChI=1S/C14H15Cl2N3O/c1-19-14(17)12(9-5-4-8(15)7-10(9)16)13(18-19)11-3-2-6-20-11/h4-5,7,11H,2-3,6,17H2,1H3. The van der Waals surface area contributed by atoms with E-state index < -0.39 is 0 Å². The molecule has 1 aliphatic heterocycles. The number of ether oxygens (including phenoxy) is 1. The molecule has 1 aromatic heterocycles. The van der Waals surface area contributed by atoms with E-state index in [-0.39, 0.29) is 6.10 Å². The quantitative estimate of drug-likeness (QED) is 0.917. The van der Waals surface area contributed by atoms with E-state index in [0.717, 1.165) is 36.3 Å². The zero-order valence-electron chi connectivity index (χ0n) is 11.1. The Labute approximate surface area is 127 Å². The van der Waals surface area contributed by atoms with Crippen LogP contribution in [-0.2, 0) is 11.8 Å². The highest BCUT2D eigenvalue weighted by Crippen LogP contribution is 2.41. The molecule has 1 aliphatic rings. The Bertz CT molecular complexity index is 648. The monoisotopic (exact) mass is 311 g/mol. The second-order valence-corrected chi connectivity index (χ2v) is 5.74. The predicted molar refractivity (Wildman–Crippen MR) is 81.0 cm³/mol. The Balaban J connectivity index is 2.16. The van der Waals surface area contributed by atoms with Gasteiger partial charge in [-0.25, -0.2) is 0 Å². The number of aryl methyl sites for hydroxylation is 1. The van der Waals surface area contributed by atoms with E-state index in [4.69, 9.17) is 33.7 Å². The number of nitrogens with two attached hydrogens (primary N) is 1. The minimum absolute atomic E-state index is 0.0137. The summed E-state index contributed by atoms with van der Waals surface area (Å²) in [7, 11) is 1.82. The van der Waals surface area contributed by atoms with Crippen molar-refractivity contribution in [3.05, 3.63) is 33.9 Å². The Kier molecular flexibility index (Phi) is 3.63. The third kappa shape index (κ3) is 2.28. The van der Waals surface area contributed by atoms with Gasteiger partial charge in [-0.3, -0.25) is 4.68 Å². The van der Waals surface area contributed by atoms with E-state index in [1.165, 1.54) is 0 Å². The molecule has 0 saturated carbocycles. The largest absolute Gasteiger partial charge is 0.383 e. The highest BCUT2D eigenvalue weighted by molar-refractivity contribution is 6.36. The molecule has 2 heterocycles. The molecule has 1 aromatic carbocycles. The van der Waals surface area contributed by atoms with Gasteiger partial charge in [-0.1, -0.05) is 29.3 Å². The number of aromatic nitrogens is 2. The Morgan fingerprint density at radius 1 is 1.40 bits per heavy atom. The maximum Gasteiger partial charge on any atom is 0.129 e. The molecule has 20 heavy (non-hydrogen) atoms. The van der Waals surface area contributed by atoms with Gasteiger partial charge in [0.05, 0.1) is 10.6 Å². The summed E-state index contributed by atoms with van der Waals surface area (Å²) in [5.74, 6) is 0.583. The van der Waals surface area contributed by atoms with Gasteiger partial charge in [0.1, 0.15) is 17.6 Å². The maximum atomic E-state index is 6.31. The molecule has 3 rings (SSSR count). The van der Waals surface area contributed by atoms with Crippen LogP contribution in [-0.4, -0.2) is 16.4 Å². The molecule has 0 bridgehead atoms. The summed E-state index contributed by atoms with van der Waals surface area (Å²) in [6.07, 6.45) is 1.98. The van der Waals surface area contributed by atoms with Gasteiger partial charge in [0.2, 0.25) is 0 Å². The van der Waals surface area contributed by atoms with E-state index >= 15 is 0 Å². The summed E-state index contributed by atoms with van der Waals surface area (Å²) < 4.78 is 7.40. The van der Waals surface area contributed by atoms with Crippen molar-refractivity contribution in [2.75, 3.05) is 12.3 Å². The lowest BCUT2D eigenvalue weighted by atomic mass is 10.0. The van der Waals surface area contributed by atoms with Gasteiger partial charge in [0.25, 0.3) is 0 Å². The minimum Gasteiger partial charge on any atom is -0.383 e. The third-order valence-corrected chi connectivity index (χ3v) is 4.10. The van der Waals surface area contributed by atoms with Crippen LogP contribution in [0.3, 0.4) is 0 Å². The molecule has 1 unspecified atom stereocenters. The van der Waals surface area contributed by atoms with Crippen LogP contribution in [0, 0.1) is 0 Å². The molecule has 2 N–H and O–H groups in total. The number of benzene rings is 1. The average molecular weight is 312 g/mol.